The van der Waals surface area contributed by atoms with Crippen LogP contribution in [0.4, 0.5) is 0 Å². The summed E-state index contributed by atoms with van der Waals surface area (Å²) in [6, 6.07) is 17.7. The van der Waals surface area contributed by atoms with Gasteiger partial charge in [-0.15, -0.1) is 0 Å². The number of para-hydroxylation sites is 1. The molecule has 3 aromatic rings. The first-order valence-corrected chi connectivity index (χ1v) is 9.35. The van der Waals surface area contributed by atoms with Gasteiger partial charge in [0.25, 0.3) is 0 Å². The molecule has 0 unspecified atom stereocenters. The maximum absolute atomic E-state index is 12.1. The number of aromatic nitrogens is 1. The number of hydrogen-bond donors (Lipinski definition) is 2. The number of rotatable bonds is 7. The van der Waals surface area contributed by atoms with Crippen molar-refractivity contribution in [1.82, 2.24) is 9.71 Å². The van der Waals surface area contributed by atoms with Crippen LogP contribution in [0.15, 0.2) is 60.8 Å². The normalized spacial score (nSPS) is 11.8. The highest BCUT2D eigenvalue weighted by Gasteiger charge is 2.10. The quantitative estimate of drug-likeness (QED) is 0.700. The average Bonchev–Trinajstić information content (AvgIpc) is 2.97. The Bertz CT molecular complexity index is 870. The molecule has 0 fully saturated rings. The second kappa shape index (κ2) is 6.98. The summed E-state index contributed by atoms with van der Waals surface area (Å²) in [6.07, 6.45) is 3.15. The molecule has 0 radical (unpaired) electrons. The third-order valence-electron chi connectivity index (χ3n) is 3.89. The summed E-state index contributed by atoms with van der Waals surface area (Å²) in [4.78, 5) is 3.21. The lowest BCUT2D eigenvalue weighted by atomic mass is 10.1. The molecule has 0 spiro atoms. The van der Waals surface area contributed by atoms with Gasteiger partial charge >= 0.3 is 0 Å². The number of aryl methyl sites for hydroxylation is 1. The Hall–Kier alpha value is -2.11. The molecule has 120 valence electrons. The lowest BCUT2D eigenvalue weighted by Gasteiger charge is -2.06. The Kier molecular flexibility index (Phi) is 4.79. The summed E-state index contributed by atoms with van der Waals surface area (Å²) in [7, 11) is -3.25. The van der Waals surface area contributed by atoms with Crippen LogP contribution < -0.4 is 4.72 Å². The Balaban J connectivity index is 1.53. The number of hydrogen-bond acceptors (Lipinski definition) is 2. The summed E-state index contributed by atoms with van der Waals surface area (Å²) in [5.74, 6) is 0.116. The van der Waals surface area contributed by atoms with E-state index in [0.29, 0.717) is 19.4 Å². The first-order valence-electron chi connectivity index (χ1n) is 7.70. The van der Waals surface area contributed by atoms with E-state index in [4.69, 9.17) is 0 Å². The van der Waals surface area contributed by atoms with Crippen LogP contribution in [-0.2, 0) is 22.9 Å². The van der Waals surface area contributed by atoms with E-state index in [9.17, 15) is 8.42 Å². The highest BCUT2D eigenvalue weighted by molar-refractivity contribution is 7.89. The third-order valence-corrected chi connectivity index (χ3v) is 5.28. The molecule has 1 aromatic heterocycles. The zero-order valence-electron chi connectivity index (χ0n) is 12.8. The van der Waals surface area contributed by atoms with Gasteiger partial charge in [0.2, 0.25) is 10.0 Å². The Morgan fingerprint density at radius 2 is 1.65 bits per heavy atom. The molecule has 3 rings (SSSR count). The summed E-state index contributed by atoms with van der Waals surface area (Å²) in [6.45, 7) is 0.416. The molecule has 23 heavy (non-hydrogen) atoms. The molecule has 0 saturated carbocycles. The van der Waals surface area contributed by atoms with Gasteiger partial charge in [0.05, 0.1) is 5.75 Å². The van der Waals surface area contributed by atoms with Crippen molar-refractivity contribution in [3.63, 3.8) is 0 Å². The highest BCUT2D eigenvalue weighted by Crippen LogP contribution is 2.17. The van der Waals surface area contributed by atoms with Crippen molar-refractivity contribution >= 4 is 20.9 Å². The Morgan fingerprint density at radius 3 is 2.48 bits per heavy atom. The maximum Gasteiger partial charge on any atom is 0.211 e. The van der Waals surface area contributed by atoms with Gasteiger partial charge in [-0.3, -0.25) is 0 Å². The van der Waals surface area contributed by atoms with Crippen LogP contribution in [0.5, 0.6) is 0 Å². The van der Waals surface area contributed by atoms with Crippen molar-refractivity contribution in [2.24, 2.45) is 0 Å². The van der Waals surface area contributed by atoms with E-state index in [1.807, 2.05) is 60.8 Å². The topological polar surface area (TPSA) is 62.0 Å². The van der Waals surface area contributed by atoms with Crippen LogP contribution in [0, 0.1) is 0 Å². The fraction of sp³-hybridized carbons (Fsp3) is 0.222. The number of aromatic amines is 1. The van der Waals surface area contributed by atoms with Crippen LogP contribution >= 0.6 is 0 Å². The maximum atomic E-state index is 12.1. The summed E-state index contributed by atoms with van der Waals surface area (Å²) >= 11 is 0. The first kappa shape index (κ1) is 15.8. The van der Waals surface area contributed by atoms with Gasteiger partial charge < -0.3 is 4.98 Å². The van der Waals surface area contributed by atoms with Gasteiger partial charge in [-0.05, 0) is 30.0 Å². The van der Waals surface area contributed by atoms with E-state index in [-0.39, 0.29) is 5.75 Å². The van der Waals surface area contributed by atoms with E-state index in [0.717, 1.165) is 22.0 Å². The van der Waals surface area contributed by atoms with Gasteiger partial charge in [-0.1, -0.05) is 48.5 Å². The van der Waals surface area contributed by atoms with Gasteiger partial charge in [0, 0.05) is 23.6 Å². The van der Waals surface area contributed by atoms with Gasteiger partial charge in [0.1, 0.15) is 0 Å². The van der Waals surface area contributed by atoms with E-state index in [2.05, 4.69) is 9.71 Å². The second-order valence-electron chi connectivity index (χ2n) is 5.56. The van der Waals surface area contributed by atoms with Gasteiger partial charge in [-0.25, -0.2) is 13.1 Å². The van der Waals surface area contributed by atoms with Crippen molar-refractivity contribution < 1.29 is 8.42 Å². The molecule has 0 aliphatic carbocycles. The Labute approximate surface area is 136 Å². The monoisotopic (exact) mass is 328 g/mol. The number of fused-ring (bicyclic) bond motifs is 1. The number of sulfonamides is 1. The van der Waals surface area contributed by atoms with Crippen LogP contribution in [-0.4, -0.2) is 25.7 Å². The molecule has 1 heterocycles. The third kappa shape index (κ3) is 4.21. The minimum atomic E-state index is -3.25. The van der Waals surface area contributed by atoms with Crippen LogP contribution in [0.25, 0.3) is 10.9 Å². The molecule has 0 saturated heterocycles. The van der Waals surface area contributed by atoms with E-state index in [1.54, 1.807) is 0 Å². The molecule has 2 N–H and O–H groups in total. The SMILES string of the molecule is O=S(=O)(CCc1ccccc1)NCCc1c[nH]c2ccccc12. The van der Waals surface area contributed by atoms with E-state index < -0.39 is 10.0 Å². The lowest BCUT2D eigenvalue weighted by molar-refractivity contribution is 0.581. The molecule has 5 heteroatoms. The zero-order valence-corrected chi connectivity index (χ0v) is 13.6. The van der Waals surface area contributed by atoms with Crippen molar-refractivity contribution in [3.8, 4) is 0 Å². The second-order valence-corrected chi connectivity index (χ2v) is 7.48. The molecular formula is C18H20N2O2S. The fourth-order valence-corrected chi connectivity index (χ4v) is 3.71. The molecule has 0 atom stereocenters. The fourth-order valence-electron chi connectivity index (χ4n) is 2.65. The molecular weight excluding hydrogens is 308 g/mol. The standard InChI is InChI=1S/C18H20N2O2S/c21-23(22,13-11-15-6-2-1-3-7-15)20-12-10-16-14-19-18-9-5-4-8-17(16)18/h1-9,14,19-20H,10-13H2. The first-order chi connectivity index (χ1) is 11.1. The highest BCUT2D eigenvalue weighted by atomic mass is 32.2. The molecule has 0 aliphatic rings. The smallest absolute Gasteiger partial charge is 0.211 e. The largest absolute Gasteiger partial charge is 0.361 e. The average molecular weight is 328 g/mol. The van der Waals surface area contributed by atoms with Crippen LogP contribution in [0.2, 0.25) is 0 Å². The summed E-state index contributed by atoms with van der Waals surface area (Å²) < 4.78 is 26.8. The molecule has 0 bridgehead atoms. The molecule has 2 aromatic carbocycles. The number of H-pyrrole nitrogens is 1. The van der Waals surface area contributed by atoms with E-state index >= 15 is 0 Å². The predicted octanol–water partition coefficient (Wildman–Crippen LogP) is 2.87. The van der Waals surface area contributed by atoms with E-state index in [1.165, 1.54) is 0 Å². The minimum absolute atomic E-state index is 0.116. The number of nitrogens with one attached hydrogen (secondary N) is 2. The van der Waals surface area contributed by atoms with Crippen LogP contribution in [0.1, 0.15) is 11.1 Å². The summed E-state index contributed by atoms with van der Waals surface area (Å²) in [5, 5.41) is 1.15. The zero-order chi connectivity index (χ0) is 16.1. The Morgan fingerprint density at radius 1 is 0.913 bits per heavy atom. The lowest BCUT2D eigenvalue weighted by Crippen LogP contribution is -2.29. The van der Waals surface area contributed by atoms with Crippen molar-refractivity contribution in [3.05, 3.63) is 71.9 Å². The van der Waals surface area contributed by atoms with Crippen molar-refractivity contribution in [1.29, 1.82) is 0 Å². The minimum Gasteiger partial charge on any atom is -0.361 e. The summed E-state index contributed by atoms with van der Waals surface area (Å²) in [5.41, 5.74) is 3.25. The van der Waals surface area contributed by atoms with Gasteiger partial charge in [0.15, 0.2) is 0 Å². The molecule has 4 nitrogen and oxygen atoms in total. The van der Waals surface area contributed by atoms with Crippen LogP contribution in [0.3, 0.4) is 0 Å². The molecule has 0 aliphatic heterocycles. The number of benzene rings is 2. The predicted molar refractivity (Wildman–Crippen MR) is 93.9 cm³/mol. The van der Waals surface area contributed by atoms with Crippen molar-refractivity contribution in [2.45, 2.75) is 12.8 Å². The van der Waals surface area contributed by atoms with Crippen molar-refractivity contribution in [2.75, 3.05) is 12.3 Å². The molecule has 0 amide bonds. The van der Waals surface area contributed by atoms with Gasteiger partial charge in [-0.2, -0.15) is 0 Å².